The van der Waals surface area contributed by atoms with Crippen molar-refractivity contribution in [3.05, 3.63) is 170 Å². The highest BCUT2D eigenvalue weighted by atomic mass is 32.2. The molecule has 7 rings (SSSR count). The second-order valence-corrected chi connectivity index (χ2v) is 12.9. The highest BCUT2D eigenvalue weighted by Gasteiger charge is 2.18. The molecular formula is C42H30O2S2. The van der Waals surface area contributed by atoms with Crippen molar-refractivity contribution in [3.63, 3.8) is 0 Å². The second-order valence-electron chi connectivity index (χ2n) is 10.8. The van der Waals surface area contributed by atoms with Gasteiger partial charge in [0.15, 0.2) is 0 Å². The molecule has 0 atom stereocenters. The summed E-state index contributed by atoms with van der Waals surface area (Å²) in [6, 6.07) is 56.7. The fourth-order valence-corrected chi connectivity index (χ4v) is 7.86. The number of hydrogen-bond acceptors (Lipinski definition) is 4. The Bertz CT molecular complexity index is 1970. The van der Waals surface area contributed by atoms with Gasteiger partial charge in [0.2, 0.25) is 0 Å². The van der Waals surface area contributed by atoms with Crippen molar-refractivity contribution in [2.75, 3.05) is 0 Å². The SMILES string of the molecule is Oc1c(-c2ccccc2)cccc1-c1ccccc1Sc1ccccc1Sc1ccccc1-c1cccc(-c2ccccc2)c1O. The van der Waals surface area contributed by atoms with Crippen LogP contribution in [0.15, 0.2) is 189 Å². The van der Waals surface area contributed by atoms with Crippen LogP contribution in [0.1, 0.15) is 0 Å². The van der Waals surface area contributed by atoms with Gasteiger partial charge in [0.1, 0.15) is 11.5 Å². The Morgan fingerprint density at radius 3 is 0.978 bits per heavy atom. The van der Waals surface area contributed by atoms with E-state index >= 15 is 0 Å². The predicted octanol–water partition coefficient (Wildman–Crippen LogP) is 12.1. The summed E-state index contributed by atoms with van der Waals surface area (Å²) >= 11 is 3.38. The van der Waals surface area contributed by atoms with Crippen LogP contribution in [-0.2, 0) is 0 Å². The molecule has 0 aliphatic carbocycles. The van der Waals surface area contributed by atoms with Gasteiger partial charge in [0.25, 0.3) is 0 Å². The van der Waals surface area contributed by atoms with Gasteiger partial charge in [-0.3, -0.25) is 0 Å². The molecule has 4 heteroatoms. The first-order valence-corrected chi connectivity index (χ1v) is 16.7. The van der Waals surface area contributed by atoms with Crippen LogP contribution >= 0.6 is 23.5 Å². The minimum atomic E-state index is 0.274. The third-order valence-electron chi connectivity index (χ3n) is 7.89. The summed E-state index contributed by atoms with van der Waals surface area (Å²) in [6.45, 7) is 0. The predicted molar refractivity (Wildman–Crippen MR) is 193 cm³/mol. The third kappa shape index (κ3) is 6.05. The van der Waals surface area contributed by atoms with E-state index in [0.29, 0.717) is 0 Å². The van der Waals surface area contributed by atoms with Crippen LogP contribution in [0.2, 0.25) is 0 Å². The van der Waals surface area contributed by atoms with E-state index in [9.17, 15) is 10.2 Å². The fourth-order valence-electron chi connectivity index (χ4n) is 5.64. The Balaban J connectivity index is 1.23. The molecule has 0 saturated carbocycles. The minimum absolute atomic E-state index is 0.274. The van der Waals surface area contributed by atoms with Gasteiger partial charge < -0.3 is 10.2 Å². The Labute approximate surface area is 278 Å². The zero-order chi connectivity index (χ0) is 31.3. The maximum absolute atomic E-state index is 11.5. The van der Waals surface area contributed by atoms with Crippen molar-refractivity contribution >= 4 is 23.5 Å². The lowest BCUT2D eigenvalue weighted by atomic mass is 9.97. The second kappa shape index (κ2) is 13.5. The van der Waals surface area contributed by atoms with E-state index in [1.165, 1.54) is 0 Å². The topological polar surface area (TPSA) is 40.5 Å². The van der Waals surface area contributed by atoms with Gasteiger partial charge in [0, 0.05) is 41.8 Å². The van der Waals surface area contributed by atoms with Crippen LogP contribution in [0, 0.1) is 0 Å². The van der Waals surface area contributed by atoms with E-state index in [4.69, 9.17) is 0 Å². The Hall–Kier alpha value is -5.16. The molecule has 0 amide bonds. The van der Waals surface area contributed by atoms with Crippen molar-refractivity contribution in [1.82, 2.24) is 0 Å². The molecule has 0 saturated heterocycles. The van der Waals surface area contributed by atoms with Crippen LogP contribution in [0.5, 0.6) is 11.5 Å². The molecule has 0 heterocycles. The summed E-state index contributed by atoms with van der Waals surface area (Å²) in [5.41, 5.74) is 7.13. The van der Waals surface area contributed by atoms with E-state index < -0.39 is 0 Å². The molecule has 7 aromatic carbocycles. The zero-order valence-electron chi connectivity index (χ0n) is 24.9. The highest BCUT2D eigenvalue weighted by molar-refractivity contribution is 8.02. The largest absolute Gasteiger partial charge is 0.507 e. The Morgan fingerprint density at radius 1 is 0.261 bits per heavy atom. The number of hydrogen-bond donors (Lipinski definition) is 2. The van der Waals surface area contributed by atoms with Crippen LogP contribution in [0.25, 0.3) is 44.5 Å². The van der Waals surface area contributed by atoms with Crippen molar-refractivity contribution in [1.29, 1.82) is 0 Å². The Morgan fingerprint density at radius 2 is 0.565 bits per heavy atom. The number of benzene rings is 7. The summed E-state index contributed by atoms with van der Waals surface area (Å²) in [6.07, 6.45) is 0. The first kappa shape index (κ1) is 29.5. The van der Waals surface area contributed by atoms with E-state index in [1.54, 1.807) is 23.5 Å². The van der Waals surface area contributed by atoms with Crippen LogP contribution in [-0.4, -0.2) is 10.2 Å². The molecule has 2 N–H and O–H groups in total. The molecule has 0 fully saturated rings. The number of rotatable bonds is 8. The summed E-state index contributed by atoms with van der Waals surface area (Å²) in [5, 5.41) is 22.9. The van der Waals surface area contributed by atoms with Crippen molar-refractivity contribution in [2.45, 2.75) is 19.6 Å². The summed E-state index contributed by atoms with van der Waals surface area (Å²) in [5.74, 6) is 0.548. The first-order chi connectivity index (χ1) is 22.7. The quantitative estimate of drug-likeness (QED) is 0.175. The van der Waals surface area contributed by atoms with Crippen molar-refractivity contribution in [2.24, 2.45) is 0 Å². The zero-order valence-corrected chi connectivity index (χ0v) is 26.5. The van der Waals surface area contributed by atoms with Gasteiger partial charge in [0.05, 0.1) is 0 Å². The molecule has 2 nitrogen and oxygen atoms in total. The average Bonchev–Trinajstić information content (AvgIpc) is 3.11. The molecule has 0 aliphatic rings. The summed E-state index contributed by atoms with van der Waals surface area (Å²) in [7, 11) is 0. The van der Waals surface area contributed by atoms with E-state index in [-0.39, 0.29) is 11.5 Å². The van der Waals surface area contributed by atoms with E-state index in [2.05, 4.69) is 48.5 Å². The average molecular weight is 631 g/mol. The lowest BCUT2D eigenvalue weighted by Gasteiger charge is -2.16. The maximum Gasteiger partial charge on any atom is 0.131 e. The molecule has 46 heavy (non-hydrogen) atoms. The molecule has 222 valence electrons. The van der Waals surface area contributed by atoms with Crippen molar-refractivity contribution in [3.8, 4) is 56.0 Å². The first-order valence-electron chi connectivity index (χ1n) is 15.1. The van der Waals surface area contributed by atoms with Crippen LogP contribution in [0.3, 0.4) is 0 Å². The molecule has 0 radical (unpaired) electrons. The van der Waals surface area contributed by atoms with Crippen molar-refractivity contribution < 1.29 is 10.2 Å². The summed E-state index contributed by atoms with van der Waals surface area (Å²) < 4.78 is 0. The van der Waals surface area contributed by atoms with Gasteiger partial charge in [-0.15, -0.1) is 0 Å². The van der Waals surface area contributed by atoms with Gasteiger partial charge in [-0.2, -0.15) is 0 Å². The van der Waals surface area contributed by atoms with E-state index in [1.807, 2.05) is 121 Å². The maximum atomic E-state index is 11.5. The number of phenolic OH excluding ortho intramolecular Hbond substituents is 2. The smallest absolute Gasteiger partial charge is 0.131 e. The molecule has 0 bridgehead atoms. The Kier molecular flexibility index (Phi) is 8.64. The number of aromatic hydroxyl groups is 2. The molecular weight excluding hydrogens is 601 g/mol. The molecule has 0 unspecified atom stereocenters. The highest BCUT2D eigenvalue weighted by Crippen LogP contribution is 2.48. The number of para-hydroxylation sites is 2. The van der Waals surface area contributed by atoms with Gasteiger partial charge >= 0.3 is 0 Å². The van der Waals surface area contributed by atoms with Gasteiger partial charge in [-0.25, -0.2) is 0 Å². The lowest BCUT2D eigenvalue weighted by molar-refractivity contribution is 0.478. The van der Waals surface area contributed by atoms with Crippen LogP contribution < -0.4 is 0 Å². The lowest BCUT2D eigenvalue weighted by Crippen LogP contribution is -1.88. The van der Waals surface area contributed by atoms with E-state index in [0.717, 1.165) is 64.1 Å². The minimum Gasteiger partial charge on any atom is -0.507 e. The van der Waals surface area contributed by atoms with Gasteiger partial charge in [-0.05, 0) is 46.5 Å². The van der Waals surface area contributed by atoms with Crippen LogP contribution in [0.4, 0.5) is 0 Å². The molecule has 0 spiro atoms. The van der Waals surface area contributed by atoms with Gasteiger partial charge in [-0.1, -0.05) is 169 Å². The monoisotopic (exact) mass is 630 g/mol. The molecule has 0 aromatic heterocycles. The fraction of sp³-hybridized carbons (Fsp3) is 0. The molecule has 7 aromatic rings. The standard InChI is InChI=1S/C42H30O2S2/c43-41-31(29-15-3-1-4-16-29)21-13-23-35(41)33-19-7-9-25-37(33)45-39-27-11-12-28-40(39)46-38-26-10-8-20-34(38)36-24-14-22-32(42(36)44)30-17-5-2-6-18-30/h1-28,43-44H. The third-order valence-corrected chi connectivity index (χ3v) is 10.3. The normalized spacial score (nSPS) is 11.0. The number of phenols is 2. The summed E-state index contributed by atoms with van der Waals surface area (Å²) in [4.78, 5) is 4.32. The molecule has 0 aliphatic heterocycles.